The Labute approximate surface area is 94.1 Å². The second kappa shape index (κ2) is 3.62. The van der Waals surface area contributed by atoms with Crippen LogP contribution in [-0.2, 0) is 7.05 Å². The van der Waals surface area contributed by atoms with Gasteiger partial charge in [-0.2, -0.15) is 4.98 Å². The minimum absolute atomic E-state index is 0.518. The first-order valence-electron chi connectivity index (χ1n) is 3.92. The average Bonchev–Trinajstić information content (AvgIpc) is 2.48. The van der Waals surface area contributed by atoms with Crippen LogP contribution in [0, 0.1) is 4.77 Å². The van der Waals surface area contributed by atoms with E-state index in [2.05, 4.69) is 31.0 Å². The van der Waals surface area contributed by atoms with Gasteiger partial charge in [-0.25, -0.2) is 0 Å². The molecule has 0 atom stereocenters. The molecule has 14 heavy (non-hydrogen) atoms. The summed E-state index contributed by atoms with van der Waals surface area (Å²) in [6.07, 6.45) is 1.72. The summed E-state index contributed by atoms with van der Waals surface area (Å²) in [7, 11) is 1.82. The van der Waals surface area contributed by atoms with E-state index in [0.29, 0.717) is 10.6 Å². The van der Waals surface area contributed by atoms with Gasteiger partial charge in [0.2, 0.25) is 4.77 Å². The highest BCUT2D eigenvalue weighted by Gasteiger charge is 2.03. The van der Waals surface area contributed by atoms with Crippen LogP contribution in [0.1, 0.15) is 0 Å². The standard InChI is InChI=1S/C8H7BrN4S/c1-13-8(14)11-7(12-13)6-3-2-5(9)4-10-6/h2-4H,1H3,(H,11,12,14). The Bertz CT molecular complexity index is 499. The van der Waals surface area contributed by atoms with Crippen molar-refractivity contribution in [1.29, 1.82) is 0 Å². The van der Waals surface area contributed by atoms with Crippen molar-refractivity contribution < 1.29 is 0 Å². The van der Waals surface area contributed by atoms with Gasteiger partial charge >= 0.3 is 0 Å². The molecule has 0 bridgehead atoms. The third kappa shape index (κ3) is 1.76. The molecule has 2 heterocycles. The van der Waals surface area contributed by atoms with Crippen molar-refractivity contribution in [3.8, 4) is 11.5 Å². The van der Waals surface area contributed by atoms with Crippen LogP contribution in [0.15, 0.2) is 22.8 Å². The summed E-state index contributed by atoms with van der Waals surface area (Å²) in [6, 6.07) is 3.78. The van der Waals surface area contributed by atoms with Crippen LogP contribution in [0.3, 0.4) is 0 Å². The summed E-state index contributed by atoms with van der Waals surface area (Å²) in [5, 5.41) is 3.00. The SMILES string of the molecule is Cn1[nH]c(-c2ccc(Br)cn2)nc1=S. The smallest absolute Gasteiger partial charge is 0.216 e. The zero-order valence-corrected chi connectivity index (χ0v) is 9.76. The number of aromatic amines is 1. The minimum atomic E-state index is 0.518. The van der Waals surface area contributed by atoms with Gasteiger partial charge in [0.1, 0.15) is 5.69 Å². The number of rotatable bonds is 1. The van der Waals surface area contributed by atoms with Crippen LogP contribution in [0.2, 0.25) is 0 Å². The molecule has 72 valence electrons. The molecule has 4 nitrogen and oxygen atoms in total. The third-order valence-corrected chi connectivity index (χ3v) is 2.57. The van der Waals surface area contributed by atoms with E-state index < -0.39 is 0 Å². The maximum Gasteiger partial charge on any atom is 0.216 e. The molecule has 0 saturated carbocycles. The molecule has 0 spiro atoms. The lowest BCUT2D eigenvalue weighted by molar-refractivity contribution is 0.755. The van der Waals surface area contributed by atoms with Crippen molar-refractivity contribution in [3.05, 3.63) is 27.6 Å². The molecule has 0 aliphatic heterocycles. The molecule has 0 amide bonds. The van der Waals surface area contributed by atoms with Crippen molar-refractivity contribution in [2.75, 3.05) is 0 Å². The molecule has 2 aromatic heterocycles. The van der Waals surface area contributed by atoms with E-state index in [4.69, 9.17) is 12.2 Å². The van der Waals surface area contributed by atoms with E-state index in [0.717, 1.165) is 10.2 Å². The van der Waals surface area contributed by atoms with Gasteiger partial charge in [-0.3, -0.25) is 14.8 Å². The lowest BCUT2D eigenvalue weighted by atomic mass is 10.3. The van der Waals surface area contributed by atoms with Crippen LogP contribution in [-0.4, -0.2) is 19.7 Å². The number of halogens is 1. The summed E-state index contributed by atoms with van der Waals surface area (Å²) >= 11 is 8.30. The molecule has 0 fully saturated rings. The second-order valence-corrected chi connectivity index (χ2v) is 4.06. The van der Waals surface area contributed by atoms with Crippen molar-refractivity contribution >= 4 is 28.1 Å². The number of nitrogens with one attached hydrogen (secondary N) is 1. The molecule has 6 heteroatoms. The Morgan fingerprint density at radius 1 is 1.50 bits per heavy atom. The summed E-state index contributed by atoms with van der Waals surface area (Å²) in [5.74, 6) is 0.685. The first kappa shape index (κ1) is 9.54. The Balaban J connectivity index is 2.49. The molecule has 0 aromatic carbocycles. The zero-order chi connectivity index (χ0) is 10.1. The Morgan fingerprint density at radius 2 is 2.29 bits per heavy atom. The predicted molar refractivity (Wildman–Crippen MR) is 59.3 cm³/mol. The van der Waals surface area contributed by atoms with Crippen LogP contribution in [0.25, 0.3) is 11.5 Å². The molecule has 0 aliphatic carbocycles. The fourth-order valence-corrected chi connectivity index (χ4v) is 1.40. The first-order valence-corrected chi connectivity index (χ1v) is 5.12. The highest BCUT2D eigenvalue weighted by atomic mass is 79.9. The zero-order valence-electron chi connectivity index (χ0n) is 7.36. The molecule has 0 aliphatic rings. The molecular formula is C8H7BrN4S. The van der Waals surface area contributed by atoms with E-state index in [1.165, 1.54) is 0 Å². The molecule has 2 rings (SSSR count). The Kier molecular flexibility index (Phi) is 2.47. The van der Waals surface area contributed by atoms with Gasteiger partial charge in [0, 0.05) is 17.7 Å². The molecule has 0 radical (unpaired) electrons. The lowest BCUT2D eigenvalue weighted by Crippen LogP contribution is -1.90. The number of hydrogen-bond acceptors (Lipinski definition) is 3. The average molecular weight is 271 g/mol. The number of aryl methyl sites for hydroxylation is 1. The predicted octanol–water partition coefficient (Wildman–Crippen LogP) is 2.30. The van der Waals surface area contributed by atoms with Crippen LogP contribution in [0.5, 0.6) is 0 Å². The number of aromatic nitrogens is 4. The largest absolute Gasteiger partial charge is 0.278 e. The van der Waals surface area contributed by atoms with Crippen molar-refractivity contribution in [2.45, 2.75) is 0 Å². The van der Waals surface area contributed by atoms with E-state index >= 15 is 0 Å². The number of H-pyrrole nitrogens is 1. The third-order valence-electron chi connectivity index (χ3n) is 1.74. The van der Waals surface area contributed by atoms with Gasteiger partial charge in [0.25, 0.3) is 0 Å². The molecular weight excluding hydrogens is 264 g/mol. The van der Waals surface area contributed by atoms with Gasteiger partial charge in [0.05, 0.1) is 0 Å². The number of hydrogen-bond donors (Lipinski definition) is 1. The topological polar surface area (TPSA) is 46.5 Å². The van der Waals surface area contributed by atoms with Gasteiger partial charge in [-0.15, -0.1) is 0 Å². The van der Waals surface area contributed by atoms with Gasteiger partial charge < -0.3 is 0 Å². The Morgan fingerprint density at radius 3 is 2.79 bits per heavy atom. The normalized spacial score (nSPS) is 10.4. The first-order chi connectivity index (χ1) is 6.66. The van der Waals surface area contributed by atoms with E-state index in [9.17, 15) is 0 Å². The van der Waals surface area contributed by atoms with E-state index in [1.807, 2.05) is 19.2 Å². The minimum Gasteiger partial charge on any atom is -0.278 e. The molecule has 0 unspecified atom stereocenters. The summed E-state index contributed by atoms with van der Waals surface area (Å²) < 4.78 is 3.13. The highest BCUT2D eigenvalue weighted by Crippen LogP contribution is 2.14. The van der Waals surface area contributed by atoms with Crippen LogP contribution in [0.4, 0.5) is 0 Å². The molecule has 2 aromatic rings. The summed E-state index contributed by atoms with van der Waals surface area (Å²) in [4.78, 5) is 8.36. The number of nitrogens with zero attached hydrogens (tertiary/aromatic N) is 3. The maximum absolute atomic E-state index is 4.98. The maximum atomic E-state index is 4.98. The monoisotopic (exact) mass is 270 g/mol. The number of pyridine rings is 1. The van der Waals surface area contributed by atoms with Crippen LogP contribution >= 0.6 is 28.1 Å². The fraction of sp³-hybridized carbons (Fsp3) is 0.125. The van der Waals surface area contributed by atoms with Gasteiger partial charge in [0.15, 0.2) is 5.82 Å². The van der Waals surface area contributed by atoms with Gasteiger partial charge in [-0.1, -0.05) is 0 Å². The van der Waals surface area contributed by atoms with Crippen molar-refractivity contribution in [1.82, 2.24) is 19.7 Å². The molecule has 1 N–H and O–H groups in total. The lowest BCUT2D eigenvalue weighted by Gasteiger charge is -1.94. The second-order valence-electron chi connectivity index (χ2n) is 2.78. The van der Waals surface area contributed by atoms with E-state index in [1.54, 1.807) is 10.9 Å². The van der Waals surface area contributed by atoms with Gasteiger partial charge in [-0.05, 0) is 40.3 Å². The fourth-order valence-electron chi connectivity index (χ4n) is 1.03. The van der Waals surface area contributed by atoms with E-state index in [-0.39, 0.29) is 0 Å². The Hall–Kier alpha value is -1.01. The quantitative estimate of drug-likeness (QED) is 0.809. The van der Waals surface area contributed by atoms with Crippen LogP contribution < -0.4 is 0 Å². The highest BCUT2D eigenvalue weighted by molar-refractivity contribution is 9.10. The molecule has 0 saturated heterocycles. The van der Waals surface area contributed by atoms with Crippen molar-refractivity contribution in [2.24, 2.45) is 7.05 Å². The van der Waals surface area contributed by atoms with Crippen molar-refractivity contribution in [3.63, 3.8) is 0 Å². The summed E-state index contributed by atoms with van der Waals surface area (Å²) in [6.45, 7) is 0. The summed E-state index contributed by atoms with van der Waals surface area (Å²) in [5.41, 5.74) is 0.778.